The van der Waals surface area contributed by atoms with E-state index in [1.165, 1.54) is 7.11 Å². The van der Waals surface area contributed by atoms with Crippen molar-refractivity contribution in [3.8, 4) is 17.0 Å². The van der Waals surface area contributed by atoms with Crippen LogP contribution >= 0.6 is 0 Å². The maximum Gasteiger partial charge on any atom is 0.310 e. The van der Waals surface area contributed by atoms with Crippen LogP contribution in [0.3, 0.4) is 0 Å². The van der Waals surface area contributed by atoms with E-state index >= 15 is 0 Å². The molecule has 8 nitrogen and oxygen atoms in total. The summed E-state index contributed by atoms with van der Waals surface area (Å²) in [5.74, 6) is 0.493. The van der Waals surface area contributed by atoms with Gasteiger partial charge in [0.15, 0.2) is 0 Å². The van der Waals surface area contributed by atoms with Gasteiger partial charge in [0.1, 0.15) is 12.1 Å². The standard InChI is InChI=1S/C19H21N5O3/c1-26-15-7-5-13(6-8-15)16-10-17(18-21-20-12-24(18)22-16)23-9-3-4-14(11-23)19(25)27-2/h5-8,10,12,14H,3-4,9,11H2,1-2H3. The molecule has 2 aromatic heterocycles. The number of nitrogens with zero attached hydrogens (tertiary/aromatic N) is 5. The molecule has 0 N–H and O–H groups in total. The fraction of sp³-hybridized carbons (Fsp3) is 0.368. The van der Waals surface area contributed by atoms with Gasteiger partial charge in [0.25, 0.3) is 0 Å². The van der Waals surface area contributed by atoms with Gasteiger partial charge in [-0.3, -0.25) is 4.79 Å². The molecule has 0 spiro atoms. The second-order valence-electron chi connectivity index (χ2n) is 6.55. The molecule has 0 saturated carbocycles. The topological polar surface area (TPSA) is 81.8 Å². The molecule has 1 saturated heterocycles. The molecule has 3 aromatic rings. The molecule has 140 valence electrons. The van der Waals surface area contributed by atoms with Crippen LogP contribution in [0.4, 0.5) is 5.69 Å². The van der Waals surface area contributed by atoms with Crippen molar-refractivity contribution < 1.29 is 14.3 Å². The van der Waals surface area contributed by atoms with E-state index in [1.54, 1.807) is 18.0 Å². The van der Waals surface area contributed by atoms with Gasteiger partial charge in [-0.2, -0.15) is 9.61 Å². The summed E-state index contributed by atoms with van der Waals surface area (Å²) in [6.07, 6.45) is 3.34. The summed E-state index contributed by atoms with van der Waals surface area (Å²) in [7, 11) is 3.08. The van der Waals surface area contributed by atoms with Gasteiger partial charge in [-0.1, -0.05) is 0 Å². The van der Waals surface area contributed by atoms with Crippen molar-refractivity contribution in [3.05, 3.63) is 36.7 Å². The first-order valence-corrected chi connectivity index (χ1v) is 8.88. The zero-order valence-electron chi connectivity index (χ0n) is 15.3. The third-order valence-electron chi connectivity index (χ3n) is 4.93. The summed E-state index contributed by atoms with van der Waals surface area (Å²) in [4.78, 5) is 14.2. The molecule has 0 bridgehead atoms. The average molecular weight is 367 g/mol. The summed E-state index contributed by atoms with van der Waals surface area (Å²) >= 11 is 0. The molecule has 1 aromatic carbocycles. The molecule has 4 rings (SSSR count). The van der Waals surface area contributed by atoms with E-state index < -0.39 is 0 Å². The van der Waals surface area contributed by atoms with Crippen molar-refractivity contribution in [2.24, 2.45) is 5.92 Å². The number of ether oxygens (including phenoxy) is 2. The van der Waals surface area contributed by atoms with E-state index in [0.717, 1.165) is 42.1 Å². The van der Waals surface area contributed by atoms with Crippen molar-refractivity contribution in [2.45, 2.75) is 12.8 Å². The number of hydrogen-bond donors (Lipinski definition) is 0. The SMILES string of the molecule is COC(=O)C1CCCN(c2cc(-c3ccc(OC)cc3)nn3cnnc23)C1. The summed E-state index contributed by atoms with van der Waals surface area (Å²) < 4.78 is 11.8. The number of carbonyl (C=O) groups is 1. The summed E-state index contributed by atoms with van der Waals surface area (Å²) in [6, 6.07) is 9.75. The van der Waals surface area contributed by atoms with Crippen LogP contribution in [0.5, 0.6) is 5.75 Å². The van der Waals surface area contributed by atoms with Crippen molar-refractivity contribution in [2.75, 3.05) is 32.2 Å². The first kappa shape index (κ1) is 17.3. The van der Waals surface area contributed by atoms with Crippen LogP contribution in [0.15, 0.2) is 36.7 Å². The average Bonchev–Trinajstić information content (AvgIpc) is 3.21. The van der Waals surface area contributed by atoms with Crippen molar-refractivity contribution in [1.29, 1.82) is 0 Å². The molecule has 8 heteroatoms. The Bertz CT molecular complexity index is 954. The quantitative estimate of drug-likeness (QED) is 0.654. The third kappa shape index (κ3) is 3.30. The minimum Gasteiger partial charge on any atom is -0.497 e. The highest BCUT2D eigenvalue weighted by Crippen LogP contribution is 2.30. The Hall–Kier alpha value is -3.16. The normalized spacial score (nSPS) is 17.1. The molecule has 1 fully saturated rings. The number of esters is 1. The predicted octanol–water partition coefficient (Wildman–Crippen LogP) is 2.19. The molecule has 0 amide bonds. The molecule has 0 aliphatic carbocycles. The van der Waals surface area contributed by atoms with Crippen LogP contribution in [-0.4, -0.2) is 53.1 Å². The van der Waals surface area contributed by atoms with E-state index in [-0.39, 0.29) is 11.9 Å². The highest BCUT2D eigenvalue weighted by Gasteiger charge is 2.28. The Morgan fingerprint density at radius 1 is 1.22 bits per heavy atom. The van der Waals surface area contributed by atoms with Gasteiger partial charge in [0, 0.05) is 18.7 Å². The number of aromatic nitrogens is 4. The van der Waals surface area contributed by atoms with Gasteiger partial charge < -0.3 is 14.4 Å². The first-order chi connectivity index (χ1) is 13.2. The number of carbonyl (C=O) groups excluding carboxylic acids is 1. The lowest BCUT2D eigenvalue weighted by atomic mass is 9.97. The number of fused-ring (bicyclic) bond motifs is 1. The zero-order chi connectivity index (χ0) is 18.8. The van der Waals surface area contributed by atoms with Crippen LogP contribution in [0.1, 0.15) is 12.8 Å². The predicted molar refractivity (Wildman–Crippen MR) is 99.7 cm³/mol. The lowest BCUT2D eigenvalue weighted by Crippen LogP contribution is -2.39. The third-order valence-corrected chi connectivity index (χ3v) is 4.93. The Morgan fingerprint density at radius 2 is 2.04 bits per heavy atom. The molecule has 1 unspecified atom stereocenters. The van der Waals surface area contributed by atoms with Crippen molar-refractivity contribution in [3.63, 3.8) is 0 Å². The van der Waals surface area contributed by atoms with Crippen LogP contribution in [0.2, 0.25) is 0 Å². The van der Waals surface area contributed by atoms with Crippen LogP contribution < -0.4 is 9.64 Å². The van der Waals surface area contributed by atoms with E-state index in [4.69, 9.17) is 9.47 Å². The summed E-state index contributed by atoms with van der Waals surface area (Å²) in [5.41, 5.74) is 3.37. The maximum atomic E-state index is 12.0. The smallest absolute Gasteiger partial charge is 0.310 e. The van der Waals surface area contributed by atoms with Gasteiger partial charge >= 0.3 is 5.97 Å². The van der Waals surface area contributed by atoms with Gasteiger partial charge in [-0.25, -0.2) is 0 Å². The van der Waals surface area contributed by atoms with Gasteiger partial charge in [0.2, 0.25) is 5.65 Å². The number of rotatable bonds is 4. The minimum absolute atomic E-state index is 0.135. The highest BCUT2D eigenvalue weighted by atomic mass is 16.5. The van der Waals surface area contributed by atoms with Crippen molar-refractivity contribution >= 4 is 17.3 Å². The van der Waals surface area contributed by atoms with Crippen LogP contribution in [0, 0.1) is 5.92 Å². The molecule has 27 heavy (non-hydrogen) atoms. The fourth-order valence-corrected chi connectivity index (χ4v) is 3.50. The Morgan fingerprint density at radius 3 is 2.78 bits per heavy atom. The summed E-state index contributed by atoms with van der Waals surface area (Å²) in [5, 5.41) is 12.8. The molecular weight excluding hydrogens is 346 g/mol. The maximum absolute atomic E-state index is 12.0. The molecule has 0 radical (unpaired) electrons. The fourth-order valence-electron chi connectivity index (χ4n) is 3.50. The second kappa shape index (κ2) is 7.22. The van der Waals surface area contributed by atoms with Gasteiger partial charge in [-0.05, 0) is 43.2 Å². The molecule has 1 aliphatic heterocycles. The number of benzene rings is 1. The molecular formula is C19H21N5O3. The van der Waals surface area contributed by atoms with E-state index in [1.807, 2.05) is 30.3 Å². The largest absolute Gasteiger partial charge is 0.497 e. The van der Waals surface area contributed by atoms with E-state index in [0.29, 0.717) is 12.2 Å². The Balaban J connectivity index is 1.73. The monoisotopic (exact) mass is 367 g/mol. The lowest BCUT2D eigenvalue weighted by Gasteiger charge is -2.33. The first-order valence-electron chi connectivity index (χ1n) is 8.88. The van der Waals surface area contributed by atoms with Crippen molar-refractivity contribution in [1.82, 2.24) is 19.8 Å². The molecule has 1 atom stereocenters. The second-order valence-corrected chi connectivity index (χ2v) is 6.55. The lowest BCUT2D eigenvalue weighted by molar-refractivity contribution is -0.145. The van der Waals surface area contributed by atoms with Crippen LogP contribution in [0.25, 0.3) is 16.9 Å². The van der Waals surface area contributed by atoms with Crippen LogP contribution in [-0.2, 0) is 9.53 Å². The number of hydrogen-bond acceptors (Lipinski definition) is 7. The van der Waals surface area contributed by atoms with E-state index in [2.05, 4.69) is 20.2 Å². The van der Waals surface area contributed by atoms with E-state index in [9.17, 15) is 4.79 Å². The molecule has 1 aliphatic rings. The summed E-state index contributed by atoms with van der Waals surface area (Å²) in [6.45, 7) is 1.45. The Labute approximate surface area is 156 Å². The number of piperidine rings is 1. The molecule has 3 heterocycles. The van der Waals surface area contributed by atoms with Gasteiger partial charge in [0.05, 0.1) is 31.5 Å². The number of methoxy groups -OCH3 is 2. The van der Waals surface area contributed by atoms with Gasteiger partial charge in [-0.15, -0.1) is 10.2 Å². The number of anilines is 1. The Kier molecular flexibility index (Phi) is 4.62. The highest BCUT2D eigenvalue weighted by molar-refractivity contribution is 5.77. The zero-order valence-corrected chi connectivity index (χ0v) is 15.3. The minimum atomic E-state index is -0.165.